The number of aromatic hydroxyl groups is 1. The molecule has 0 aromatic heterocycles. The number of rotatable bonds is 5. The third-order valence-electron chi connectivity index (χ3n) is 2.69. The van der Waals surface area contributed by atoms with Gasteiger partial charge < -0.3 is 20.8 Å². The Morgan fingerprint density at radius 2 is 2.15 bits per heavy atom. The predicted octanol–water partition coefficient (Wildman–Crippen LogP) is 2.01. The Kier molecular flexibility index (Phi) is 5.42. The van der Waals surface area contributed by atoms with Gasteiger partial charge in [-0.1, -0.05) is 6.92 Å². The minimum atomic E-state index is -1.16. The molecule has 6 nitrogen and oxygen atoms in total. The van der Waals surface area contributed by atoms with Gasteiger partial charge >= 0.3 is 12.0 Å². The second-order valence-corrected chi connectivity index (χ2v) is 4.15. The van der Waals surface area contributed by atoms with E-state index in [-0.39, 0.29) is 23.0 Å². The quantitative estimate of drug-likeness (QED) is 0.488. The standard InChI is InChI=1S/C14H16N2O4/c1-3-5-10(4-2)15-14(20)16-11-7-6-9(13(18)19)8-12(11)17/h1,6-8,10,17H,4-5H2,2H3,(H,18,19)(H2,15,16,20). The molecule has 6 heteroatoms. The molecule has 1 unspecified atom stereocenters. The van der Waals surface area contributed by atoms with Crippen LogP contribution in [0.3, 0.4) is 0 Å². The zero-order valence-corrected chi connectivity index (χ0v) is 11.0. The van der Waals surface area contributed by atoms with Crippen molar-refractivity contribution in [2.75, 3.05) is 5.32 Å². The van der Waals surface area contributed by atoms with E-state index in [4.69, 9.17) is 11.5 Å². The van der Waals surface area contributed by atoms with Gasteiger partial charge in [0.2, 0.25) is 0 Å². The number of amides is 2. The summed E-state index contributed by atoms with van der Waals surface area (Å²) in [4.78, 5) is 22.4. The van der Waals surface area contributed by atoms with Gasteiger partial charge in [-0.15, -0.1) is 12.3 Å². The monoisotopic (exact) mass is 276 g/mol. The minimum Gasteiger partial charge on any atom is -0.506 e. The number of benzene rings is 1. The number of carbonyl (C=O) groups is 2. The summed E-state index contributed by atoms with van der Waals surface area (Å²) in [5, 5.41) is 23.5. The lowest BCUT2D eigenvalue weighted by molar-refractivity contribution is 0.0696. The molecule has 106 valence electrons. The summed E-state index contributed by atoms with van der Waals surface area (Å²) in [6.07, 6.45) is 6.28. The lowest BCUT2D eigenvalue weighted by Gasteiger charge is -2.15. The van der Waals surface area contributed by atoms with Gasteiger partial charge in [-0.05, 0) is 24.6 Å². The van der Waals surface area contributed by atoms with E-state index >= 15 is 0 Å². The van der Waals surface area contributed by atoms with E-state index in [0.29, 0.717) is 12.8 Å². The molecular weight excluding hydrogens is 260 g/mol. The van der Waals surface area contributed by atoms with Gasteiger partial charge in [-0.2, -0.15) is 0 Å². The molecule has 1 aromatic rings. The van der Waals surface area contributed by atoms with Crippen LogP contribution in [0.1, 0.15) is 30.1 Å². The molecule has 20 heavy (non-hydrogen) atoms. The molecule has 0 saturated carbocycles. The summed E-state index contributed by atoms with van der Waals surface area (Å²) in [6, 6.07) is 3.01. The first-order chi connectivity index (χ1) is 9.47. The maximum absolute atomic E-state index is 11.7. The third kappa shape index (κ3) is 4.21. The van der Waals surface area contributed by atoms with Crippen molar-refractivity contribution in [2.45, 2.75) is 25.8 Å². The van der Waals surface area contributed by atoms with Crippen LogP contribution in [0.5, 0.6) is 5.75 Å². The molecule has 0 aliphatic carbocycles. The fourth-order valence-electron chi connectivity index (χ4n) is 1.55. The maximum atomic E-state index is 11.7. The fourth-order valence-corrected chi connectivity index (χ4v) is 1.55. The zero-order chi connectivity index (χ0) is 15.1. The first-order valence-electron chi connectivity index (χ1n) is 6.05. The number of phenolic OH excluding ortho intramolecular Hbond substituents is 1. The van der Waals surface area contributed by atoms with Crippen LogP contribution in [0.15, 0.2) is 18.2 Å². The topological polar surface area (TPSA) is 98.7 Å². The highest BCUT2D eigenvalue weighted by atomic mass is 16.4. The van der Waals surface area contributed by atoms with Crippen LogP contribution in [-0.4, -0.2) is 28.3 Å². The van der Waals surface area contributed by atoms with Crippen LogP contribution in [0.2, 0.25) is 0 Å². The first-order valence-corrected chi connectivity index (χ1v) is 6.05. The molecule has 0 heterocycles. The van der Waals surface area contributed by atoms with Crippen molar-refractivity contribution in [3.05, 3.63) is 23.8 Å². The van der Waals surface area contributed by atoms with Crippen molar-refractivity contribution in [2.24, 2.45) is 0 Å². The number of urea groups is 1. The minimum absolute atomic E-state index is 0.0628. The van der Waals surface area contributed by atoms with Gasteiger partial charge in [0.25, 0.3) is 0 Å². The Morgan fingerprint density at radius 3 is 2.65 bits per heavy atom. The number of aromatic carboxylic acids is 1. The predicted molar refractivity (Wildman–Crippen MR) is 74.7 cm³/mol. The highest BCUT2D eigenvalue weighted by molar-refractivity contribution is 5.93. The number of hydrogen-bond donors (Lipinski definition) is 4. The molecule has 0 bridgehead atoms. The maximum Gasteiger partial charge on any atom is 0.335 e. The van der Waals surface area contributed by atoms with Crippen LogP contribution < -0.4 is 10.6 Å². The number of nitrogens with one attached hydrogen (secondary N) is 2. The second-order valence-electron chi connectivity index (χ2n) is 4.15. The molecule has 0 fully saturated rings. The average Bonchev–Trinajstić information content (AvgIpc) is 2.40. The Labute approximate surface area is 116 Å². The Morgan fingerprint density at radius 1 is 1.45 bits per heavy atom. The van der Waals surface area contributed by atoms with Crippen molar-refractivity contribution in [1.82, 2.24) is 5.32 Å². The summed E-state index contributed by atoms with van der Waals surface area (Å²) in [6.45, 7) is 1.89. The van der Waals surface area contributed by atoms with Crippen LogP contribution in [0.25, 0.3) is 0 Å². The average molecular weight is 276 g/mol. The van der Waals surface area contributed by atoms with Crippen LogP contribution in [0.4, 0.5) is 10.5 Å². The van der Waals surface area contributed by atoms with Gasteiger partial charge in [0.05, 0.1) is 11.3 Å². The molecule has 2 amide bonds. The summed E-state index contributed by atoms with van der Waals surface area (Å²) < 4.78 is 0. The SMILES string of the molecule is C#CCC(CC)NC(=O)Nc1ccc(C(=O)O)cc1O. The van der Waals surface area contributed by atoms with E-state index < -0.39 is 12.0 Å². The van der Waals surface area contributed by atoms with Gasteiger partial charge in [0.15, 0.2) is 0 Å². The highest BCUT2D eigenvalue weighted by Crippen LogP contribution is 2.24. The van der Waals surface area contributed by atoms with Gasteiger partial charge in [0, 0.05) is 12.5 Å². The summed E-state index contributed by atoms with van der Waals surface area (Å²) >= 11 is 0. The van der Waals surface area contributed by atoms with Crippen LogP contribution in [0, 0.1) is 12.3 Å². The summed E-state index contributed by atoms with van der Waals surface area (Å²) in [7, 11) is 0. The second kappa shape index (κ2) is 7.04. The van der Waals surface area contributed by atoms with E-state index in [2.05, 4.69) is 16.6 Å². The van der Waals surface area contributed by atoms with E-state index in [9.17, 15) is 14.7 Å². The molecule has 1 aromatic carbocycles. The van der Waals surface area contributed by atoms with Crippen molar-refractivity contribution in [3.8, 4) is 18.1 Å². The fraction of sp³-hybridized carbons (Fsp3) is 0.286. The van der Waals surface area contributed by atoms with Crippen LogP contribution >= 0.6 is 0 Å². The van der Waals surface area contributed by atoms with Crippen molar-refractivity contribution < 1.29 is 19.8 Å². The van der Waals surface area contributed by atoms with E-state index in [1.54, 1.807) is 0 Å². The van der Waals surface area contributed by atoms with E-state index in [1.165, 1.54) is 12.1 Å². The Bertz CT molecular complexity index is 549. The number of phenols is 1. The Balaban J connectivity index is 2.71. The number of carboxylic acid groups (broad SMARTS) is 1. The summed E-state index contributed by atoms with van der Waals surface area (Å²) in [5.74, 6) is 0.991. The third-order valence-corrected chi connectivity index (χ3v) is 2.69. The lowest BCUT2D eigenvalue weighted by atomic mass is 10.1. The molecule has 1 atom stereocenters. The molecule has 0 radical (unpaired) electrons. The summed E-state index contributed by atoms with van der Waals surface area (Å²) in [5.41, 5.74) is 0.0651. The largest absolute Gasteiger partial charge is 0.506 e. The molecule has 0 aliphatic heterocycles. The van der Waals surface area contributed by atoms with E-state index in [1.807, 2.05) is 6.92 Å². The normalized spacial score (nSPS) is 11.2. The molecule has 0 saturated heterocycles. The molecular formula is C14H16N2O4. The number of carbonyl (C=O) groups excluding carboxylic acids is 1. The molecule has 1 rings (SSSR count). The number of anilines is 1. The zero-order valence-electron chi connectivity index (χ0n) is 11.0. The van der Waals surface area contributed by atoms with Crippen molar-refractivity contribution >= 4 is 17.7 Å². The van der Waals surface area contributed by atoms with Gasteiger partial charge in [-0.3, -0.25) is 0 Å². The van der Waals surface area contributed by atoms with Crippen molar-refractivity contribution in [1.29, 1.82) is 0 Å². The molecule has 4 N–H and O–H groups in total. The number of hydrogen-bond acceptors (Lipinski definition) is 3. The molecule has 0 spiro atoms. The van der Waals surface area contributed by atoms with E-state index in [0.717, 1.165) is 6.07 Å². The smallest absolute Gasteiger partial charge is 0.335 e. The van der Waals surface area contributed by atoms with Crippen molar-refractivity contribution in [3.63, 3.8) is 0 Å². The van der Waals surface area contributed by atoms with Gasteiger partial charge in [0.1, 0.15) is 5.75 Å². The number of terminal acetylenes is 1. The Hall–Kier alpha value is -2.68. The van der Waals surface area contributed by atoms with Crippen LogP contribution in [-0.2, 0) is 0 Å². The number of carboxylic acids is 1. The molecule has 0 aliphatic rings. The highest BCUT2D eigenvalue weighted by Gasteiger charge is 2.12. The lowest BCUT2D eigenvalue weighted by Crippen LogP contribution is -2.37. The first kappa shape index (κ1) is 15.4. The van der Waals surface area contributed by atoms with Gasteiger partial charge in [-0.25, -0.2) is 9.59 Å².